The van der Waals surface area contributed by atoms with Gasteiger partial charge in [0.15, 0.2) is 0 Å². The van der Waals surface area contributed by atoms with Crippen molar-refractivity contribution in [2.45, 2.75) is 12.3 Å². The zero-order chi connectivity index (χ0) is 16.9. The van der Waals surface area contributed by atoms with Gasteiger partial charge in [0.05, 0.1) is 0 Å². The van der Waals surface area contributed by atoms with E-state index in [1.165, 1.54) is 12.1 Å². The van der Waals surface area contributed by atoms with Crippen molar-refractivity contribution in [2.24, 2.45) is 5.73 Å². The van der Waals surface area contributed by atoms with Crippen molar-refractivity contribution >= 4 is 22.4 Å². The molecule has 1 unspecified atom stereocenters. The van der Waals surface area contributed by atoms with Crippen molar-refractivity contribution in [1.29, 1.82) is 0 Å². The van der Waals surface area contributed by atoms with Crippen LogP contribution in [0.4, 0.5) is 10.1 Å². The molecule has 0 aliphatic heterocycles. The highest BCUT2D eigenvalue weighted by Crippen LogP contribution is 2.21. The van der Waals surface area contributed by atoms with Gasteiger partial charge in [-0.1, -0.05) is 18.2 Å². The summed E-state index contributed by atoms with van der Waals surface area (Å²) >= 11 is 0. The van der Waals surface area contributed by atoms with E-state index in [1.807, 2.05) is 24.3 Å². The number of hydrogen-bond acceptors (Lipinski definition) is 3. The van der Waals surface area contributed by atoms with Crippen LogP contribution in [-0.2, 0) is 4.79 Å². The maximum absolute atomic E-state index is 13.0. The molecule has 1 aromatic heterocycles. The third-order valence-corrected chi connectivity index (χ3v) is 3.98. The zero-order valence-electron chi connectivity index (χ0n) is 13.1. The number of carbonyl (C=O) groups is 1. The number of fused-ring (bicyclic) bond motifs is 1. The lowest BCUT2D eigenvalue weighted by atomic mass is 9.95. The molecule has 24 heavy (non-hydrogen) atoms. The molecule has 2 aromatic carbocycles. The van der Waals surface area contributed by atoms with Gasteiger partial charge in [-0.2, -0.15) is 0 Å². The minimum Gasteiger partial charge on any atom is -0.330 e. The normalized spacial score (nSPS) is 12.1. The fourth-order valence-electron chi connectivity index (χ4n) is 2.67. The van der Waals surface area contributed by atoms with Crippen molar-refractivity contribution in [1.82, 2.24) is 4.98 Å². The topological polar surface area (TPSA) is 68.0 Å². The first-order chi connectivity index (χ1) is 11.7. The molecule has 0 fully saturated rings. The van der Waals surface area contributed by atoms with E-state index in [-0.39, 0.29) is 24.1 Å². The molecule has 0 radical (unpaired) electrons. The van der Waals surface area contributed by atoms with Gasteiger partial charge in [0.2, 0.25) is 5.91 Å². The molecule has 0 saturated heterocycles. The number of aromatic nitrogens is 1. The van der Waals surface area contributed by atoms with Gasteiger partial charge in [0.25, 0.3) is 0 Å². The Kier molecular flexibility index (Phi) is 4.82. The lowest BCUT2D eigenvalue weighted by Crippen LogP contribution is -2.21. The highest BCUT2D eigenvalue weighted by Gasteiger charge is 2.15. The van der Waals surface area contributed by atoms with Gasteiger partial charge in [-0.3, -0.25) is 9.78 Å². The summed E-state index contributed by atoms with van der Waals surface area (Å²) in [5.41, 5.74) is 7.37. The van der Waals surface area contributed by atoms with E-state index in [0.29, 0.717) is 6.54 Å². The molecule has 5 heteroatoms. The molecule has 0 aliphatic rings. The predicted octanol–water partition coefficient (Wildman–Crippen LogP) is 3.45. The largest absolute Gasteiger partial charge is 0.330 e. The Balaban J connectivity index is 1.69. The van der Waals surface area contributed by atoms with Crippen molar-refractivity contribution in [3.63, 3.8) is 0 Å². The summed E-state index contributed by atoms with van der Waals surface area (Å²) in [4.78, 5) is 16.4. The third-order valence-electron chi connectivity index (χ3n) is 3.98. The van der Waals surface area contributed by atoms with Gasteiger partial charge in [-0.25, -0.2) is 4.39 Å². The molecule has 4 nitrogen and oxygen atoms in total. The maximum atomic E-state index is 13.0. The molecule has 3 rings (SSSR count). The molecule has 1 heterocycles. The summed E-state index contributed by atoms with van der Waals surface area (Å²) in [7, 11) is 0. The van der Waals surface area contributed by atoms with Crippen LogP contribution in [0, 0.1) is 5.82 Å². The molecule has 0 spiro atoms. The Morgan fingerprint density at radius 2 is 1.92 bits per heavy atom. The van der Waals surface area contributed by atoms with Crippen molar-refractivity contribution in [3.8, 4) is 0 Å². The molecular formula is C19H18FN3O. The zero-order valence-corrected chi connectivity index (χ0v) is 13.1. The van der Waals surface area contributed by atoms with Crippen LogP contribution in [0.3, 0.4) is 0 Å². The van der Waals surface area contributed by atoms with E-state index in [0.717, 1.165) is 22.0 Å². The summed E-state index contributed by atoms with van der Waals surface area (Å²) in [6.07, 6.45) is 3.74. The lowest BCUT2D eigenvalue weighted by Gasteiger charge is -2.15. The van der Waals surface area contributed by atoms with Gasteiger partial charge >= 0.3 is 0 Å². The number of nitrogens with zero attached hydrogens (tertiary/aromatic N) is 1. The van der Waals surface area contributed by atoms with Crippen molar-refractivity contribution in [2.75, 3.05) is 11.9 Å². The first kappa shape index (κ1) is 16.1. The maximum Gasteiger partial charge on any atom is 0.225 e. The second-order valence-corrected chi connectivity index (χ2v) is 5.67. The molecule has 0 bridgehead atoms. The van der Waals surface area contributed by atoms with E-state index in [4.69, 9.17) is 5.73 Å². The number of carbonyl (C=O) groups excluding carboxylic acids is 1. The van der Waals surface area contributed by atoms with Gasteiger partial charge in [0, 0.05) is 35.8 Å². The first-order valence-corrected chi connectivity index (χ1v) is 7.75. The van der Waals surface area contributed by atoms with Crippen LogP contribution in [0.25, 0.3) is 10.8 Å². The lowest BCUT2D eigenvalue weighted by molar-refractivity contribution is -0.116. The molecule has 0 aliphatic carbocycles. The average molecular weight is 323 g/mol. The van der Waals surface area contributed by atoms with E-state index in [1.54, 1.807) is 24.5 Å². The Morgan fingerprint density at radius 1 is 1.12 bits per heavy atom. The van der Waals surface area contributed by atoms with Gasteiger partial charge < -0.3 is 11.1 Å². The van der Waals surface area contributed by atoms with E-state index in [9.17, 15) is 9.18 Å². The van der Waals surface area contributed by atoms with Crippen LogP contribution in [-0.4, -0.2) is 17.4 Å². The SMILES string of the molecule is NCC(CC(=O)Nc1ccc2cnccc2c1)c1ccc(F)cc1. The van der Waals surface area contributed by atoms with Crippen LogP contribution in [0.15, 0.2) is 60.9 Å². The molecule has 0 saturated carbocycles. The monoisotopic (exact) mass is 323 g/mol. The molecule has 3 N–H and O–H groups in total. The van der Waals surface area contributed by atoms with Crippen molar-refractivity contribution in [3.05, 3.63) is 72.3 Å². The number of nitrogens with one attached hydrogen (secondary N) is 1. The summed E-state index contributed by atoms with van der Waals surface area (Å²) in [6.45, 7) is 0.322. The molecular weight excluding hydrogens is 305 g/mol. The van der Waals surface area contributed by atoms with Gasteiger partial charge in [0.1, 0.15) is 5.82 Å². The first-order valence-electron chi connectivity index (χ1n) is 7.75. The van der Waals surface area contributed by atoms with E-state index < -0.39 is 0 Å². The predicted molar refractivity (Wildman–Crippen MR) is 93.2 cm³/mol. The smallest absolute Gasteiger partial charge is 0.225 e. The fraction of sp³-hybridized carbons (Fsp3) is 0.158. The van der Waals surface area contributed by atoms with Crippen LogP contribution in [0.5, 0.6) is 0 Å². The minimum absolute atomic E-state index is 0.122. The number of halogens is 1. The van der Waals surface area contributed by atoms with Crippen molar-refractivity contribution < 1.29 is 9.18 Å². The van der Waals surface area contributed by atoms with Crippen LogP contribution in [0.1, 0.15) is 17.9 Å². The molecule has 3 aromatic rings. The standard InChI is InChI=1S/C19H18FN3O/c20-17-4-1-13(2-5-17)16(11-21)10-19(24)23-18-6-3-15-12-22-8-7-14(15)9-18/h1-9,12,16H,10-11,21H2,(H,23,24). The summed E-state index contributed by atoms with van der Waals surface area (Å²) in [5.74, 6) is -0.567. The highest BCUT2D eigenvalue weighted by molar-refractivity contribution is 5.94. The van der Waals surface area contributed by atoms with Crippen LogP contribution < -0.4 is 11.1 Å². The number of rotatable bonds is 5. The quantitative estimate of drug-likeness (QED) is 0.756. The van der Waals surface area contributed by atoms with Crippen LogP contribution >= 0.6 is 0 Å². The van der Waals surface area contributed by atoms with E-state index in [2.05, 4.69) is 10.3 Å². The number of pyridine rings is 1. The third kappa shape index (κ3) is 3.75. The molecule has 122 valence electrons. The molecule has 1 amide bonds. The minimum atomic E-state index is -0.301. The fourth-order valence-corrected chi connectivity index (χ4v) is 2.67. The highest BCUT2D eigenvalue weighted by atomic mass is 19.1. The van der Waals surface area contributed by atoms with Gasteiger partial charge in [-0.15, -0.1) is 0 Å². The number of nitrogens with two attached hydrogens (primary N) is 1. The number of hydrogen-bond donors (Lipinski definition) is 2. The Labute approximate surface area is 139 Å². The summed E-state index contributed by atoms with van der Waals surface area (Å²) in [5, 5.41) is 4.92. The Hall–Kier alpha value is -2.79. The average Bonchev–Trinajstić information content (AvgIpc) is 2.60. The second kappa shape index (κ2) is 7.19. The van der Waals surface area contributed by atoms with Crippen LogP contribution in [0.2, 0.25) is 0 Å². The Bertz CT molecular complexity index is 849. The summed E-state index contributed by atoms with van der Waals surface area (Å²) < 4.78 is 13.0. The Morgan fingerprint density at radius 3 is 2.67 bits per heavy atom. The molecule has 1 atom stereocenters. The number of benzene rings is 2. The number of amides is 1. The second-order valence-electron chi connectivity index (χ2n) is 5.67. The van der Waals surface area contributed by atoms with E-state index >= 15 is 0 Å². The van der Waals surface area contributed by atoms with Gasteiger partial charge in [-0.05, 0) is 47.8 Å². The number of anilines is 1. The summed E-state index contributed by atoms with van der Waals surface area (Å²) in [6, 6.07) is 13.7.